The Morgan fingerprint density at radius 2 is 1.82 bits per heavy atom. The first-order valence-corrected chi connectivity index (χ1v) is 8.94. The topological polar surface area (TPSA) is 67.6 Å². The van der Waals surface area contributed by atoms with Crippen molar-refractivity contribution in [2.45, 2.75) is 13.0 Å². The molecule has 2 unspecified atom stereocenters. The van der Waals surface area contributed by atoms with Gasteiger partial charge in [0.05, 0.1) is 10.9 Å². The molecule has 0 fully saturated rings. The second-order valence-corrected chi connectivity index (χ2v) is 6.92. The quantitative estimate of drug-likeness (QED) is 0.628. The van der Waals surface area contributed by atoms with E-state index in [1.807, 2.05) is 56.3 Å². The highest BCUT2D eigenvalue weighted by Crippen LogP contribution is 2.28. The monoisotopic (exact) mass is 447 g/mol. The number of carbonyl (C=O) groups excluding carboxylic acids is 1. The van der Waals surface area contributed by atoms with Crippen molar-refractivity contribution in [2.75, 3.05) is 32.6 Å². The van der Waals surface area contributed by atoms with Crippen LogP contribution in [0.3, 0.4) is 0 Å². The molecule has 2 rings (SSSR count). The number of nitrogens with two attached hydrogens (primary N) is 1. The molecule has 2 aromatic carbocycles. The lowest BCUT2D eigenvalue weighted by Crippen LogP contribution is -2.30. The van der Waals surface area contributed by atoms with E-state index in [9.17, 15) is 4.79 Å². The van der Waals surface area contributed by atoms with Gasteiger partial charge in [0, 0.05) is 18.3 Å². The van der Waals surface area contributed by atoms with Crippen molar-refractivity contribution in [2.24, 2.45) is 11.7 Å². The van der Waals surface area contributed by atoms with Crippen molar-refractivity contribution < 1.29 is 9.53 Å². The van der Waals surface area contributed by atoms with E-state index in [2.05, 4.69) is 5.32 Å². The van der Waals surface area contributed by atoms with Crippen LogP contribution in [-0.4, -0.2) is 38.1 Å². The van der Waals surface area contributed by atoms with Crippen molar-refractivity contribution in [1.29, 1.82) is 0 Å². The van der Waals surface area contributed by atoms with Crippen LogP contribution >= 0.6 is 36.4 Å². The van der Waals surface area contributed by atoms with Crippen LogP contribution < -0.4 is 15.8 Å². The second-order valence-electron chi connectivity index (χ2n) is 6.51. The first kappa shape index (κ1) is 26.5. The minimum atomic E-state index is -0.382. The highest BCUT2D eigenvalue weighted by atomic mass is 35.5. The molecular weight excluding hydrogens is 421 g/mol. The summed E-state index contributed by atoms with van der Waals surface area (Å²) >= 11 is 6.25. The van der Waals surface area contributed by atoms with E-state index in [0.717, 1.165) is 12.1 Å². The van der Waals surface area contributed by atoms with Crippen molar-refractivity contribution in [1.82, 2.24) is 4.90 Å². The van der Waals surface area contributed by atoms with Crippen LogP contribution in [0.4, 0.5) is 5.69 Å². The molecular formula is C20H28Cl3N3O2. The zero-order chi connectivity index (χ0) is 19.1. The number of halogens is 3. The number of hydrogen-bond donors (Lipinski definition) is 2. The minimum Gasteiger partial charge on any atom is -0.491 e. The molecule has 0 aliphatic carbocycles. The zero-order valence-corrected chi connectivity index (χ0v) is 18.6. The van der Waals surface area contributed by atoms with E-state index < -0.39 is 0 Å². The van der Waals surface area contributed by atoms with Crippen LogP contribution in [-0.2, 0) is 4.79 Å². The van der Waals surface area contributed by atoms with Crippen molar-refractivity contribution >= 4 is 48.0 Å². The summed E-state index contributed by atoms with van der Waals surface area (Å²) in [7, 11) is 3.95. The summed E-state index contributed by atoms with van der Waals surface area (Å²) in [6.45, 7) is 3.15. The van der Waals surface area contributed by atoms with E-state index in [1.54, 1.807) is 18.2 Å². The smallest absolute Gasteiger partial charge is 0.229 e. The number of anilines is 1. The van der Waals surface area contributed by atoms with Gasteiger partial charge in [-0.05, 0) is 37.9 Å². The van der Waals surface area contributed by atoms with Gasteiger partial charge >= 0.3 is 0 Å². The van der Waals surface area contributed by atoms with E-state index in [0.29, 0.717) is 23.1 Å². The normalized spacial score (nSPS) is 12.4. The van der Waals surface area contributed by atoms with Gasteiger partial charge in [0.1, 0.15) is 12.4 Å². The number of likely N-dealkylation sites (N-methyl/N-ethyl adjacent to an activating group) is 1. The summed E-state index contributed by atoms with van der Waals surface area (Å²) in [5.74, 6) is 0.0615. The SMILES string of the molecule is CC(C(=O)Nc1ccc(OCCN(C)C)c(Cl)c1)C(N)c1ccccc1.Cl.Cl. The van der Waals surface area contributed by atoms with Gasteiger partial charge in [0.15, 0.2) is 0 Å². The molecule has 0 heterocycles. The standard InChI is InChI=1S/C20H26ClN3O2.2ClH/c1-14(19(22)15-7-5-4-6-8-15)20(25)23-16-9-10-18(17(21)13-16)26-12-11-24(2)3;;/h4-10,13-14,19H,11-12,22H2,1-3H3,(H,23,25);2*1H. The number of nitrogens with one attached hydrogen (secondary N) is 1. The molecule has 0 radical (unpaired) electrons. The molecule has 0 aliphatic heterocycles. The summed E-state index contributed by atoms with van der Waals surface area (Å²) in [6.07, 6.45) is 0. The third-order valence-electron chi connectivity index (χ3n) is 4.13. The summed E-state index contributed by atoms with van der Waals surface area (Å²) in [6, 6.07) is 14.4. The van der Waals surface area contributed by atoms with Gasteiger partial charge in [0.25, 0.3) is 0 Å². The first-order chi connectivity index (χ1) is 12.4. The number of nitrogens with zero attached hydrogens (tertiary/aromatic N) is 1. The van der Waals surface area contributed by atoms with Gasteiger partial charge in [-0.3, -0.25) is 4.79 Å². The van der Waals surface area contributed by atoms with Crippen molar-refractivity contribution in [3.05, 3.63) is 59.1 Å². The summed E-state index contributed by atoms with van der Waals surface area (Å²) in [5.41, 5.74) is 7.76. The lowest BCUT2D eigenvalue weighted by molar-refractivity contribution is -0.120. The van der Waals surface area contributed by atoms with E-state index in [4.69, 9.17) is 22.1 Å². The summed E-state index contributed by atoms with van der Waals surface area (Å²) < 4.78 is 5.64. The fourth-order valence-electron chi connectivity index (χ4n) is 2.42. The molecule has 0 saturated carbocycles. The van der Waals surface area contributed by atoms with Gasteiger partial charge in [-0.15, -0.1) is 24.8 Å². The van der Waals surface area contributed by atoms with Crippen LogP contribution in [0.5, 0.6) is 5.75 Å². The second kappa shape index (κ2) is 12.9. The van der Waals surface area contributed by atoms with Crippen molar-refractivity contribution in [3.8, 4) is 5.75 Å². The maximum absolute atomic E-state index is 12.5. The average Bonchev–Trinajstić information content (AvgIpc) is 2.62. The minimum absolute atomic E-state index is 0. The van der Waals surface area contributed by atoms with E-state index in [1.165, 1.54) is 0 Å². The van der Waals surface area contributed by atoms with Crippen LogP contribution in [0.15, 0.2) is 48.5 Å². The van der Waals surface area contributed by atoms with Crippen LogP contribution in [0.1, 0.15) is 18.5 Å². The Morgan fingerprint density at radius 3 is 2.39 bits per heavy atom. The molecule has 5 nitrogen and oxygen atoms in total. The molecule has 28 heavy (non-hydrogen) atoms. The molecule has 0 bridgehead atoms. The average molecular weight is 449 g/mol. The van der Waals surface area contributed by atoms with Crippen LogP contribution in [0.25, 0.3) is 0 Å². The van der Waals surface area contributed by atoms with E-state index in [-0.39, 0.29) is 42.7 Å². The number of rotatable bonds is 8. The maximum Gasteiger partial charge on any atom is 0.229 e. The number of hydrogen-bond acceptors (Lipinski definition) is 4. The molecule has 8 heteroatoms. The molecule has 2 aromatic rings. The zero-order valence-electron chi connectivity index (χ0n) is 16.2. The molecule has 1 amide bonds. The fraction of sp³-hybridized carbons (Fsp3) is 0.350. The van der Waals surface area contributed by atoms with Gasteiger partial charge in [-0.1, -0.05) is 48.9 Å². The Bertz CT molecular complexity index is 730. The molecule has 0 aromatic heterocycles. The highest BCUT2D eigenvalue weighted by Gasteiger charge is 2.22. The summed E-state index contributed by atoms with van der Waals surface area (Å²) in [4.78, 5) is 14.5. The van der Waals surface area contributed by atoms with Gasteiger partial charge in [-0.25, -0.2) is 0 Å². The molecule has 156 valence electrons. The number of amides is 1. The molecule has 0 spiro atoms. The Hall–Kier alpha value is -1.50. The Labute approximate surface area is 184 Å². The predicted octanol–water partition coefficient (Wildman–Crippen LogP) is 4.40. The fourth-order valence-corrected chi connectivity index (χ4v) is 2.65. The molecule has 0 aliphatic rings. The Morgan fingerprint density at radius 1 is 1.18 bits per heavy atom. The lowest BCUT2D eigenvalue weighted by Gasteiger charge is -2.20. The molecule has 2 atom stereocenters. The maximum atomic E-state index is 12.5. The summed E-state index contributed by atoms with van der Waals surface area (Å²) in [5, 5.41) is 3.33. The lowest BCUT2D eigenvalue weighted by atomic mass is 9.94. The first-order valence-electron chi connectivity index (χ1n) is 8.57. The Kier molecular flexibility index (Phi) is 12.2. The number of benzene rings is 2. The van der Waals surface area contributed by atoms with E-state index >= 15 is 0 Å². The number of ether oxygens (including phenoxy) is 1. The van der Waals surface area contributed by atoms with Crippen molar-refractivity contribution in [3.63, 3.8) is 0 Å². The van der Waals surface area contributed by atoms with Gasteiger partial charge < -0.3 is 20.7 Å². The predicted molar refractivity (Wildman–Crippen MR) is 121 cm³/mol. The largest absolute Gasteiger partial charge is 0.491 e. The van der Waals surface area contributed by atoms with Gasteiger partial charge in [0.2, 0.25) is 5.91 Å². The third-order valence-corrected chi connectivity index (χ3v) is 4.43. The highest BCUT2D eigenvalue weighted by molar-refractivity contribution is 6.32. The Balaban J connectivity index is 0.00000364. The third kappa shape index (κ3) is 7.86. The number of carbonyl (C=O) groups is 1. The molecule has 0 saturated heterocycles. The molecule has 3 N–H and O–H groups in total. The van der Waals surface area contributed by atoms with Crippen LogP contribution in [0, 0.1) is 5.92 Å². The van der Waals surface area contributed by atoms with Crippen LogP contribution in [0.2, 0.25) is 5.02 Å². The van der Waals surface area contributed by atoms with Gasteiger partial charge in [-0.2, -0.15) is 0 Å².